The van der Waals surface area contributed by atoms with Gasteiger partial charge in [-0.3, -0.25) is 4.79 Å². The van der Waals surface area contributed by atoms with Crippen LogP contribution in [0.5, 0.6) is 0 Å². The molecule has 0 saturated heterocycles. The lowest BCUT2D eigenvalue weighted by Crippen LogP contribution is -2.27. The average Bonchev–Trinajstić information content (AvgIpc) is 2.49. The van der Waals surface area contributed by atoms with Gasteiger partial charge in [0.1, 0.15) is 0 Å². The third-order valence-electron chi connectivity index (χ3n) is 2.99. The lowest BCUT2D eigenvalue weighted by Gasteiger charge is -2.22. The van der Waals surface area contributed by atoms with Crippen LogP contribution >= 0.6 is 0 Å². The zero-order valence-corrected chi connectivity index (χ0v) is 8.58. The summed E-state index contributed by atoms with van der Waals surface area (Å²) in [6.45, 7) is 4.07. The van der Waals surface area contributed by atoms with Crippen LogP contribution < -0.4 is 0 Å². The first-order valence-corrected chi connectivity index (χ1v) is 4.91. The van der Waals surface area contributed by atoms with Crippen molar-refractivity contribution < 1.29 is 4.79 Å². The summed E-state index contributed by atoms with van der Waals surface area (Å²) in [5.41, 5.74) is 2.03. The van der Waals surface area contributed by atoms with Crippen LogP contribution in [0, 0.1) is 6.92 Å². The molecule has 1 aliphatic rings. The van der Waals surface area contributed by atoms with E-state index in [0.717, 1.165) is 12.0 Å². The molecule has 1 aromatic rings. The lowest BCUT2D eigenvalue weighted by molar-refractivity contribution is -0.118. The van der Waals surface area contributed by atoms with E-state index in [2.05, 4.69) is 19.1 Å². The van der Waals surface area contributed by atoms with Crippen LogP contribution in [0.3, 0.4) is 0 Å². The molecule has 0 fully saturated rings. The third-order valence-corrected chi connectivity index (χ3v) is 2.99. The molecular formula is C13H14O. The predicted octanol–water partition coefficient (Wildman–Crippen LogP) is 2.78. The summed E-state index contributed by atoms with van der Waals surface area (Å²) in [5, 5.41) is 0. The second kappa shape index (κ2) is 3.09. The van der Waals surface area contributed by atoms with Crippen molar-refractivity contribution in [3.05, 3.63) is 47.5 Å². The Morgan fingerprint density at radius 1 is 1.36 bits per heavy atom. The summed E-state index contributed by atoms with van der Waals surface area (Å²) < 4.78 is 0. The number of aryl methyl sites for hydroxylation is 1. The molecule has 1 heteroatoms. The van der Waals surface area contributed by atoms with E-state index in [4.69, 9.17) is 0 Å². The Hall–Kier alpha value is -1.37. The molecule has 0 bridgehead atoms. The van der Waals surface area contributed by atoms with Crippen molar-refractivity contribution in [3.63, 3.8) is 0 Å². The highest BCUT2D eigenvalue weighted by Gasteiger charge is 2.35. The maximum absolute atomic E-state index is 11.7. The molecule has 2 rings (SSSR count). The van der Waals surface area contributed by atoms with E-state index in [1.807, 2.05) is 25.1 Å². The normalized spacial score (nSPS) is 25.7. The molecular weight excluding hydrogens is 172 g/mol. The lowest BCUT2D eigenvalue weighted by atomic mass is 9.79. The number of ketones is 1. The van der Waals surface area contributed by atoms with Gasteiger partial charge in [-0.1, -0.05) is 35.9 Å². The van der Waals surface area contributed by atoms with E-state index in [1.165, 1.54) is 5.56 Å². The van der Waals surface area contributed by atoms with Gasteiger partial charge < -0.3 is 0 Å². The van der Waals surface area contributed by atoms with Gasteiger partial charge in [0.2, 0.25) is 0 Å². The third kappa shape index (κ3) is 1.29. The molecule has 0 unspecified atom stereocenters. The summed E-state index contributed by atoms with van der Waals surface area (Å²) in [5.74, 6) is 0.225. The molecule has 0 saturated carbocycles. The van der Waals surface area contributed by atoms with Gasteiger partial charge in [-0.15, -0.1) is 0 Å². The largest absolute Gasteiger partial charge is 0.294 e. The molecule has 14 heavy (non-hydrogen) atoms. The Bertz CT molecular complexity index is 403. The van der Waals surface area contributed by atoms with Crippen molar-refractivity contribution in [2.24, 2.45) is 0 Å². The topological polar surface area (TPSA) is 17.1 Å². The number of hydrogen-bond donors (Lipinski definition) is 0. The zero-order chi connectivity index (χ0) is 10.2. The maximum Gasteiger partial charge on any atom is 0.165 e. The quantitative estimate of drug-likeness (QED) is 0.659. The number of carbonyl (C=O) groups is 1. The van der Waals surface area contributed by atoms with Crippen molar-refractivity contribution in [1.29, 1.82) is 0 Å². The van der Waals surface area contributed by atoms with Crippen LogP contribution in [-0.4, -0.2) is 5.78 Å². The fourth-order valence-electron chi connectivity index (χ4n) is 1.93. The molecule has 1 nitrogen and oxygen atoms in total. The molecule has 1 aromatic carbocycles. The highest BCUT2D eigenvalue weighted by Crippen LogP contribution is 2.33. The second-order valence-electron chi connectivity index (χ2n) is 4.17. The van der Waals surface area contributed by atoms with Gasteiger partial charge in [0.25, 0.3) is 0 Å². The second-order valence-corrected chi connectivity index (χ2v) is 4.17. The minimum absolute atomic E-state index is 0.225. The van der Waals surface area contributed by atoms with E-state index in [-0.39, 0.29) is 11.2 Å². The predicted molar refractivity (Wildman–Crippen MR) is 57.3 cm³/mol. The highest BCUT2D eigenvalue weighted by molar-refractivity contribution is 6.01. The molecule has 0 aromatic heterocycles. The van der Waals surface area contributed by atoms with Gasteiger partial charge in [0.05, 0.1) is 5.41 Å². The molecule has 0 N–H and O–H groups in total. The van der Waals surface area contributed by atoms with Gasteiger partial charge in [-0.25, -0.2) is 0 Å². The number of allylic oxidation sites excluding steroid dienone is 2. The van der Waals surface area contributed by atoms with Gasteiger partial charge >= 0.3 is 0 Å². The van der Waals surface area contributed by atoms with Crippen LogP contribution in [-0.2, 0) is 10.2 Å². The van der Waals surface area contributed by atoms with E-state index in [1.54, 1.807) is 6.08 Å². The van der Waals surface area contributed by atoms with E-state index in [0.29, 0.717) is 0 Å². The van der Waals surface area contributed by atoms with Crippen molar-refractivity contribution in [1.82, 2.24) is 0 Å². The van der Waals surface area contributed by atoms with Crippen LogP contribution in [0.1, 0.15) is 24.5 Å². The number of benzene rings is 1. The first kappa shape index (κ1) is 9.20. The minimum Gasteiger partial charge on any atom is -0.294 e. The fourth-order valence-corrected chi connectivity index (χ4v) is 1.93. The van der Waals surface area contributed by atoms with E-state index < -0.39 is 0 Å². The van der Waals surface area contributed by atoms with E-state index in [9.17, 15) is 4.79 Å². The van der Waals surface area contributed by atoms with Crippen LogP contribution in [0.4, 0.5) is 0 Å². The maximum atomic E-state index is 11.7. The summed E-state index contributed by atoms with van der Waals surface area (Å²) in [7, 11) is 0. The number of hydrogen-bond acceptors (Lipinski definition) is 1. The Kier molecular flexibility index (Phi) is 2.03. The molecule has 0 radical (unpaired) electrons. The summed E-state index contributed by atoms with van der Waals surface area (Å²) in [4.78, 5) is 11.7. The molecule has 0 heterocycles. The Morgan fingerprint density at radius 2 is 2.14 bits per heavy atom. The minimum atomic E-state index is -0.313. The van der Waals surface area contributed by atoms with Crippen LogP contribution in [0.15, 0.2) is 36.4 Å². The Balaban J connectivity index is 2.45. The molecule has 0 spiro atoms. The number of rotatable bonds is 1. The van der Waals surface area contributed by atoms with Crippen LogP contribution in [0.25, 0.3) is 0 Å². The van der Waals surface area contributed by atoms with Crippen molar-refractivity contribution in [2.75, 3.05) is 0 Å². The SMILES string of the molecule is Cc1cccc([C@@]2(C)CC=CC2=O)c1. The zero-order valence-electron chi connectivity index (χ0n) is 8.58. The fraction of sp³-hybridized carbons (Fsp3) is 0.308. The smallest absolute Gasteiger partial charge is 0.165 e. The number of carbonyl (C=O) groups excluding carboxylic acids is 1. The molecule has 1 atom stereocenters. The van der Waals surface area contributed by atoms with Gasteiger partial charge in [-0.05, 0) is 31.9 Å². The first-order valence-electron chi connectivity index (χ1n) is 4.91. The van der Waals surface area contributed by atoms with Gasteiger partial charge in [0, 0.05) is 0 Å². The molecule has 0 amide bonds. The molecule has 0 aliphatic heterocycles. The Labute approximate surface area is 84.5 Å². The monoisotopic (exact) mass is 186 g/mol. The molecule has 1 aliphatic carbocycles. The van der Waals surface area contributed by atoms with Crippen molar-refractivity contribution in [3.8, 4) is 0 Å². The summed E-state index contributed by atoms with van der Waals surface area (Å²) >= 11 is 0. The van der Waals surface area contributed by atoms with Crippen molar-refractivity contribution in [2.45, 2.75) is 25.7 Å². The first-order chi connectivity index (χ1) is 6.63. The van der Waals surface area contributed by atoms with E-state index >= 15 is 0 Å². The average molecular weight is 186 g/mol. The molecule has 72 valence electrons. The standard InChI is InChI=1S/C13H14O/c1-10-5-3-6-11(9-10)13(2)8-4-7-12(13)14/h3-7,9H,8H2,1-2H3/t13-/m1/s1. The van der Waals surface area contributed by atoms with Gasteiger partial charge in [-0.2, -0.15) is 0 Å². The van der Waals surface area contributed by atoms with Crippen LogP contribution in [0.2, 0.25) is 0 Å². The Morgan fingerprint density at radius 3 is 2.71 bits per heavy atom. The van der Waals surface area contributed by atoms with Gasteiger partial charge in [0.15, 0.2) is 5.78 Å². The van der Waals surface area contributed by atoms with Crippen molar-refractivity contribution >= 4 is 5.78 Å². The summed E-state index contributed by atoms with van der Waals surface area (Å²) in [6.07, 6.45) is 4.49. The summed E-state index contributed by atoms with van der Waals surface area (Å²) in [6, 6.07) is 8.21. The highest BCUT2D eigenvalue weighted by atomic mass is 16.1.